The monoisotopic (exact) mass is 478 g/mol. The zero-order chi connectivity index (χ0) is 24.4. The lowest BCUT2D eigenvalue weighted by molar-refractivity contribution is -0.125. The van der Waals surface area contributed by atoms with Crippen molar-refractivity contribution in [3.8, 4) is 0 Å². The van der Waals surface area contributed by atoms with Crippen LogP contribution in [0, 0.1) is 5.82 Å². The summed E-state index contributed by atoms with van der Waals surface area (Å²) in [7, 11) is 0. The normalized spacial score (nSPS) is 26.7. The summed E-state index contributed by atoms with van der Waals surface area (Å²) in [5.41, 5.74) is 7.69. The minimum absolute atomic E-state index is 0.0844. The van der Waals surface area contributed by atoms with E-state index in [0.29, 0.717) is 24.6 Å². The Hall–Kier alpha value is -2.77. The van der Waals surface area contributed by atoms with E-state index in [4.69, 9.17) is 5.73 Å². The molecule has 6 nitrogen and oxygen atoms in total. The number of halogens is 1. The molecule has 0 bridgehead atoms. The van der Waals surface area contributed by atoms with Crippen LogP contribution in [0.4, 0.5) is 4.39 Å². The first-order valence-corrected chi connectivity index (χ1v) is 12.9. The van der Waals surface area contributed by atoms with Crippen molar-refractivity contribution in [2.24, 2.45) is 5.73 Å². The van der Waals surface area contributed by atoms with Crippen LogP contribution in [-0.2, 0) is 11.3 Å². The van der Waals surface area contributed by atoms with E-state index in [1.165, 1.54) is 29.8 Å². The summed E-state index contributed by atoms with van der Waals surface area (Å²) in [5.74, 6) is -0.680. The molecule has 2 aromatic rings. The predicted molar refractivity (Wildman–Crippen MR) is 133 cm³/mol. The molecule has 3 aliphatic rings. The Balaban J connectivity index is 1.35. The highest BCUT2D eigenvalue weighted by molar-refractivity contribution is 5.98. The van der Waals surface area contributed by atoms with E-state index < -0.39 is 6.04 Å². The average Bonchev–Trinajstić information content (AvgIpc) is 3.62. The second kappa shape index (κ2) is 10.5. The van der Waals surface area contributed by atoms with Crippen LogP contribution >= 0.6 is 0 Å². The number of nitrogens with one attached hydrogen (secondary N) is 1. The molecule has 1 heterocycles. The van der Waals surface area contributed by atoms with Crippen LogP contribution in [0.3, 0.4) is 0 Å². The van der Waals surface area contributed by atoms with E-state index in [-0.39, 0.29) is 35.8 Å². The molecule has 2 amide bonds. The zero-order valence-electron chi connectivity index (χ0n) is 20.1. The summed E-state index contributed by atoms with van der Waals surface area (Å²) >= 11 is 0. The molecule has 2 aliphatic carbocycles. The van der Waals surface area contributed by atoms with E-state index in [0.717, 1.165) is 45.1 Å². The summed E-state index contributed by atoms with van der Waals surface area (Å²) in [6, 6.07) is 16.3. The fourth-order valence-electron chi connectivity index (χ4n) is 5.60. The minimum Gasteiger partial charge on any atom is -0.352 e. The largest absolute Gasteiger partial charge is 0.352 e. The number of likely N-dealkylation sites (tertiary alicyclic amines) is 1. The van der Waals surface area contributed by atoms with Gasteiger partial charge in [0.2, 0.25) is 5.91 Å². The number of carbonyl (C=O) groups excluding carboxylic acids is 2. The van der Waals surface area contributed by atoms with Crippen molar-refractivity contribution in [1.29, 1.82) is 0 Å². The first-order valence-electron chi connectivity index (χ1n) is 12.9. The average molecular weight is 479 g/mol. The summed E-state index contributed by atoms with van der Waals surface area (Å²) in [4.78, 5) is 31.2. The van der Waals surface area contributed by atoms with Gasteiger partial charge in [-0.3, -0.25) is 14.5 Å². The number of benzene rings is 2. The van der Waals surface area contributed by atoms with E-state index >= 15 is 0 Å². The van der Waals surface area contributed by atoms with Gasteiger partial charge in [-0.15, -0.1) is 0 Å². The zero-order valence-corrected chi connectivity index (χ0v) is 20.1. The molecular weight excluding hydrogens is 443 g/mol. The number of nitrogens with zero attached hydrogens (tertiary/aromatic N) is 2. The van der Waals surface area contributed by atoms with Gasteiger partial charge in [-0.25, -0.2) is 4.39 Å². The predicted octanol–water partition coefficient (Wildman–Crippen LogP) is 3.46. The molecule has 0 aromatic heterocycles. The topological polar surface area (TPSA) is 78.7 Å². The van der Waals surface area contributed by atoms with Gasteiger partial charge in [0.15, 0.2) is 0 Å². The number of amides is 2. The molecule has 2 atom stereocenters. The Kier molecular flexibility index (Phi) is 7.16. The fourth-order valence-corrected chi connectivity index (χ4v) is 5.60. The Bertz CT molecular complexity index is 1020. The summed E-state index contributed by atoms with van der Waals surface area (Å²) in [6.45, 7) is 1.30. The highest BCUT2D eigenvalue weighted by Crippen LogP contribution is 2.35. The van der Waals surface area contributed by atoms with Gasteiger partial charge < -0.3 is 16.0 Å². The highest BCUT2D eigenvalue weighted by Gasteiger charge is 2.45. The van der Waals surface area contributed by atoms with Gasteiger partial charge >= 0.3 is 0 Å². The number of hydrogen-bond acceptors (Lipinski definition) is 4. The standard InChI is InChI=1S/C28H35FN4O2/c29-21-8-6-20(7-9-21)28(35)33-18-25(32(24-14-15-24)17-19-4-2-1-3-5-19)16-26(33)27(34)31-23-12-10-22(30)11-13-23/h1-9,22-26H,10-18,30H2,(H,31,34). The van der Waals surface area contributed by atoms with Gasteiger partial charge in [-0.05, 0) is 74.8 Å². The van der Waals surface area contributed by atoms with Crippen molar-refractivity contribution in [3.63, 3.8) is 0 Å². The highest BCUT2D eigenvalue weighted by atomic mass is 19.1. The smallest absolute Gasteiger partial charge is 0.254 e. The third-order valence-corrected chi connectivity index (χ3v) is 7.74. The molecule has 5 rings (SSSR count). The maximum absolute atomic E-state index is 13.5. The van der Waals surface area contributed by atoms with E-state index in [9.17, 15) is 14.0 Å². The number of carbonyl (C=O) groups is 2. The number of rotatable bonds is 7. The Morgan fingerprint density at radius 2 is 1.63 bits per heavy atom. The molecule has 3 fully saturated rings. The van der Waals surface area contributed by atoms with Crippen LogP contribution in [0.5, 0.6) is 0 Å². The van der Waals surface area contributed by atoms with Gasteiger partial charge in [-0.1, -0.05) is 30.3 Å². The van der Waals surface area contributed by atoms with Gasteiger partial charge in [-0.2, -0.15) is 0 Å². The molecule has 186 valence electrons. The van der Waals surface area contributed by atoms with Crippen LogP contribution < -0.4 is 11.1 Å². The molecule has 0 radical (unpaired) electrons. The van der Waals surface area contributed by atoms with E-state index in [1.54, 1.807) is 4.90 Å². The summed E-state index contributed by atoms with van der Waals surface area (Å²) < 4.78 is 13.5. The third kappa shape index (κ3) is 5.73. The van der Waals surface area contributed by atoms with Crippen LogP contribution in [0.15, 0.2) is 54.6 Å². The third-order valence-electron chi connectivity index (χ3n) is 7.74. The van der Waals surface area contributed by atoms with Crippen molar-refractivity contribution < 1.29 is 14.0 Å². The Morgan fingerprint density at radius 3 is 2.29 bits per heavy atom. The first kappa shape index (κ1) is 23.9. The lowest BCUT2D eigenvalue weighted by atomic mass is 9.91. The summed E-state index contributed by atoms with van der Waals surface area (Å²) in [5, 5.41) is 3.21. The molecule has 2 saturated carbocycles. The molecule has 2 aromatic carbocycles. The van der Waals surface area contributed by atoms with Gasteiger partial charge in [0.1, 0.15) is 11.9 Å². The van der Waals surface area contributed by atoms with Crippen LogP contribution in [0.2, 0.25) is 0 Å². The van der Waals surface area contributed by atoms with Gasteiger partial charge in [0, 0.05) is 42.8 Å². The lowest BCUT2D eigenvalue weighted by Crippen LogP contribution is -2.50. The molecule has 0 spiro atoms. The Labute approximate surface area is 206 Å². The second-order valence-electron chi connectivity index (χ2n) is 10.4. The van der Waals surface area contributed by atoms with Crippen LogP contribution in [0.1, 0.15) is 60.9 Å². The lowest BCUT2D eigenvalue weighted by Gasteiger charge is -2.30. The van der Waals surface area contributed by atoms with E-state index in [1.807, 2.05) is 18.2 Å². The Morgan fingerprint density at radius 1 is 0.943 bits per heavy atom. The molecule has 3 N–H and O–H groups in total. The second-order valence-corrected chi connectivity index (χ2v) is 10.4. The van der Waals surface area contributed by atoms with Crippen molar-refractivity contribution in [1.82, 2.24) is 15.1 Å². The maximum atomic E-state index is 13.5. The number of hydrogen-bond donors (Lipinski definition) is 2. The number of nitrogens with two attached hydrogens (primary N) is 1. The van der Waals surface area contributed by atoms with Crippen molar-refractivity contribution in [2.45, 2.75) is 81.7 Å². The quantitative estimate of drug-likeness (QED) is 0.639. The SMILES string of the molecule is NC1CCC(NC(=O)C2CC(N(Cc3ccccc3)C3CC3)CN2C(=O)c2ccc(F)cc2)CC1. The van der Waals surface area contributed by atoms with Crippen LogP contribution in [0.25, 0.3) is 0 Å². The molecule has 7 heteroatoms. The first-order chi connectivity index (χ1) is 17.0. The van der Waals surface area contributed by atoms with Crippen molar-refractivity contribution >= 4 is 11.8 Å². The van der Waals surface area contributed by atoms with Crippen molar-refractivity contribution in [2.75, 3.05) is 6.54 Å². The maximum Gasteiger partial charge on any atom is 0.254 e. The fraction of sp³-hybridized carbons (Fsp3) is 0.500. The van der Waals surface area contributed by atoms with Crippen molar-refractivity contribution in [3.05, 3.63) is 71.5 Å². The summed E-state index contributed by atoms with van der Waals surface area (Å²) in [6.07, 6.45) is 6.46. The molecule has 1 saturated heterocycles. The molecule has 1 aliphatic heterocycles. The molecular formula is C28H35FN4O2. The minimum atomic E-state index is -0.537. The van der Waals surface area contributed by atoms with Gasteiger partial charge in [0.05, 0.1) is 0 Å². The molecule has 35 heavy (non-hydrogen) atoms. The van der Waals surface area contributed by atoms with E-state index in [2.05, 4.69) is 22.3 Å². The molecule has 2 unspecified atom stereocenters. The van der Waals surface area contributed by atoms with Crippen LogP contribution in [-0.4, -0.2) is 58.4 Å². The van der Waals surface area contributed by atoms with Gasteiger partial charge in [0.25, 0.3) is 5.91 Å².